The van der Waals surface area contributed by atoms with E-state index in [1.165, 1.54) is 4.90 Å². The van der Waals surface area contributed by atoms with E-state index < -0.39 is 0 Å². The maximum Gasteiger partial charge on any atom is 0.259 e. The van der Waals surface area contributed by atoms with Crippen LogP contribution in [0.3, 0.4) is 0 Å². The fraction of sp³-hybridized carbons (Fsp3) is 0.143. The zero-order valence-corrected chi connectivity index (χ0v) is 15.0. The van der Waals surface area contributed by atoms with Crippen LogP contribution in [0.1, 0.15) is 10.4 Å². The quantitative estimate of drug-likeness (QED) is 0.537. The van der Waals surface area contributed by atoms with Crippen LogP contribution < -0.4 is 10.2 Å². The van der Waals surface area contributed by atoms with Gasteiger partial charge in [0.05, 0.1) is 5.69 Å². The Morgan fingerprint density at radius 2 is 1.73 bits per heavy atom. The summed E-state index contributed by atoms with van der Waals surface area (Å²) in [5.74, 6) is 0.543. The molecule has 1 aliphatic rings. The van der Waals surface area contributed by atoms with Crippen molar-refractivity contribution in [2.24, 2.45) is 0 Å². The summed E-state index contributed by atoms with van der Waals surface area (Å²) >= 11 is 1.70. The molecular formula is C21H18N2O2S. The van der Waals surface area contributed by atoms with Crippen LogP contribution in [0.5, 0.6) is 0 Å². The predicted octanol–water partition coefficient (Wildman–Crippen LogP) is 3.71. The van der Waals surface area contributed by atoms with Crippen molar-refractivity contribution in [2.75, 3.05) is 23.7 Å². The predicted molar refractivity (Wildman–Crippen MR) is 106 cm³/mol. The minimum atomic E-state index is -0.142. The van der Waals surface area contributed by atoms with E-state index in [-0.39, 0.29) is 18.4 Å². The van der Waals surface area contributed by atoms with Gasteiger partial charge in [-0.05, 0) is 29.7 Å². The highest BCUT2D eigenvalue weighted by atomic mass is 32.2. The van der Waals surface area contributed by atoms with Crippen molar-refractivity contribution in [3.8, 4) is 0 Å². The molecule has 3 aromatic carbocycles. The van der Waals surface area contributed by atoms with Gasteiger partial charge < -0.3 is 5.32 Å². The molecule has 0 saturated carbocycles. The minimum absolute atomic E-state index is 0.0443. The molecule has 1 aliphatic heterocycles. The summed E-state index contributed by atoms with van der Waals surface area (Å²) in [4.78, 5) is 27.7. The Labute approximate surface area is 156 Å². The van der Waals surface area contributed by atoms with Gasteiger partial charge in [0.25, 0.3) is 5.91 Å². The number of thioether (sulfide) groups is 1. The Morgan fingerprint density at radius 3 is 2.54 bits per heavy atom. The molecule has 0 aliphatic carbocycles. The van der Waals surface area contributed by atoms with Gasteiger partial charge in [0.1, 0.15) is 6.54 Å². The molecule has 0 atom stereocenters. The number of nitrogens with zero attached hydrogens (tertiary/aromatic N) is 1. The monoisotopic (exact) mass is 362 g/mol. The highest BCUT2D eigenvalue weighted by Gasteiger charge is 2.30. The van der Waals surface area contributed by atoms with Crippen LogP contribution in [0.25, 0.3) is 10.8 Å². The second-order valence-electron chi connectivity index (χ2n) is 6.08. The smallest absolute Gasteiger partial charge is 0.259 e. The summed E-state index contributed by atoms with van der Waals surface area (Å²) in [7, 11) is 0. The van der Waals surface area contributed by atoms with Gasteiger partial charge in [0, 0.05) is 28.1 Å². The molecule has 0 radical (unpaired) electrons. The Bertz CT molecular complexity index is 967. The normalized spacial score (nSPS) is 12.6. The van der Waals surface area contributed by atoms with Crippen LogP contribution in [-0.4, -0.2) is 30.7 Å². The molecule has 3 aromatic rings. The fourth-order valence-electron chi connectivity index (χ4n) is 3.21. The average molecular weight is 362 g/mol. The second-order valence-corrected chi connectivity index (χ2v) is 7.25. The lowest BCUT2D eigenvalue weighted by atomic mass is 10.1. The number of rotatable bonds is 6. The number of benzene rings is 3. The van der Waals surface area contributed by atoms with Crippen molar-refractivity contribution >= 4 is 40.0 Å². The van der Waals surface area contributed by atoms with E-state index >= 15 is 0 Å². The van der Waals surface area contributed by atoms with Crippen molar-refractivity contribution in [2.45, 2.75) is 4.90 Å². The maximum atomic E-state index is 12.7. The van der Waals surface area contributed by atoms with E-state index in [1.54, 1.807) is 16.7 Å². The topological polar surface area (TPSA) is 49.4 Å². The van der Waals surface area contributed by atoms with Crippen LogP contribution in [0.15, 0.2) is 71.6 Å². The van der Waals surface area contributed by atoms with Crippen LogP contribution >= 0.6 is 11.8 Å². The first-order chi connectivity index (χ1) is 12.7. The molecule has 5 heteroatoms. The number of carbonyl (C=O) groups is 2. The third-order valence-corrected chi connectivity index (χ3v) is 5.40. The number of hydrogen-bond donors (Lipinski definition) is 1. The van der Waals surface area contributed by atoms with Crippen molar-refractivity contribution in [3.05, 3.63) is 72.3 Å². The zero-order chi connectivity index (χ0) is 17.9. The summed E-state index contributed by atoms with van der Waals surface area (Å²) < 4.78 is 0. The van der Waals surface area contributed by atoms with Gasteiger partial charge in [0.2, 0.25) is 5.91 Å². The van der Waals surface area contributed by atoms with Crippen molar-refractivity contribution in [3.63, 3.8) is 0 Å². The second kappa shape index (κ2) is 7.22. The average Bonchev–Trinajstić information content (AvgIpc) is 2.94. The van der Waals surface area contributed by atoms with Gasteiger partial charge in [-0.2, -0.15) is 0 Å². The number of hydrogen-bond acceptors (Lipinski definition) is 3. The number of anilines is 1. The van der Waals surface area contributed by atoms with Gasteiger partial charge in [-0.3, -0.25) is 14.5 Å². The molecule has 0 bridgehead atoms. The lowest BCUT2D eigenvalue weighted by Gasteiger charge is -2.17. The molecular weight excluding hydrogens is 344 g/mol. The van der Waals surface area contributed by atoms with Gasteiger partial charge >= 0.3 is 0 Å². The van der Waals surface area contributed by atoms with Crippen molar-refractivity contribution in [1.82, 2.24) is 5.32 Å². The molecule has 2 amide bonds. The Hall–Kier alpha value is -2.79. The molecule has 26 heavy (non-hydrogen) atoms. The number of carbonyl (C=O) groups excluding carboxylic acids is 2. The summed E-state index contributed by atoms with van der Waals surface area (Å²) in [6.45, 7) is 0.611. The molecule has 0 fully saturated rings. The first-order valence-corrected chi connectivity index (χ1v) is 9.51. The van der Waals surface area contributed by atoms with Gasteiger partial charge in [-0.1, -0.05) is 42.5 Å². The van der Waals surface area contributed by atoms with Crippen LogP contribution in [0, 0.1) is 0 Å². The Kier molecular flexibility index (Phi) is 4.63. The molecule has 0 unspecified atom stereocenters. The summed E-state index contributed by atoms with van der Waals surface area (Å²) in [5.41, 5.74) is 1.49. The molecule has 130 valence electrons. The third kappa shape index (κ3) is 3.18. The standard InChI is InChI=1S/C21H18N2O2S/c24-19(22-12-13-26-16-8-2-1-3-9-16)14-23-18-11-5-7-15-6-4-10-17(20(15)18)21(23)25/h1-11H,12-14H2,(H,22,24). The van der Waals surface area contributed by atoms with E-state index in [9.17, 15) is 9.59 Å². The number of amides is 2. The number of nitrogens with one attached hydrogen (secondary N) is 1. The van der Waals surface area contributed by atoms with E-state index in [0.717, 1.165) is 22.2 Å². The fourth-order valence-corrected chi connectivity index (χ4v) is 4.00. The lowest BCUT2D eigenvalue weighted by molar-refractivity contribution is -0.119. The molecule has 4 nitrogen and oxygen atoms in total. The van der Waals surface area contributed by atoms with Crippen LogP contribution in [0.2, 0.25) is 0 Å². The van der Waals surface area contributed by atoms with E-state index in [2.05, 4.69) is 5.32 Å². The van der Waals surface area contributed by atoms with Crippen LogP contribution in [-0.2, 0) is 4.79 Å². The first-order valence-electron chi connectivity index (χ1n) is 8.52. The highest BCUT2D eigenvalue weighted by molar-refractivity contribution is 7.99. The van der Waals surface area contributed by atoms with Crippen molar-refractivity contribution in [1.29, 1.82) is 0 Å². The van der Waals surface area contributed by atoms with E-state index in [0.29, 0.717) is 12.1 Å². The van der Waals surface area contributed by atoms with E-state index in [1.807, 2.05) is 66.7 Å². The molecule has 4 rings (SSSR count). The van der Waals surface area contributed by atoms with Gasteiger partial charge in [0.15, 0.2) is 0 Å². The first kappa shape index (κ1) is 16.7. The Morgan fingerprint density at radius 1 is 0.962 bits per heavy atom. The largest absolute Gasteiger partial charge is 0.354 e. The maximum absolute atomic E-state index is 12.7. The summed E-state index contributed by atoms with van der Waals surface area (Å²) in [5, 5.41) is 4.87. The van der Waals surface area contributed by atoms with Crippen LogP contribution in [0.4, 0.5) is 5.69 Å². The highest BCUT2D eigenvalue weighted by Crippen LogP contribution is 2.36. The molecule has 0 saturated heterocycles. The minimum Gasteiger partial charge on any atom is -0.354 e. The van der Waals surface area contributed by atoms with E-state index in [4.69, 9.17) is 0 Å². The van der Waals surface area contributed by atoms with Gasteiger partial charge in [-0.15, -0.1) is 11.8 Å². The van der Waals surface area contributed by atoms with Crippen molar-refractivity contribution < 1.29 is 9.59 Å². The molecule has 1 N–H and O–H groups in total. The van der Waals surface area contributed by atoms with Gasteiger partial charge in [-0.25, -0.2) is 0 Å². The molecule has 0 aromatic heterocycles. The molecule has 0 spiro atoms. The summed E-state index contributed by atoms with van der Waals surface area (Å²) in [6, 6.07) is 21.6. The Balaban J connectivity index is 1.37. The third-order valence-electron chi connectivity index (χ3n) is 4.39. The molecule has 1 heterocycles. The zero-order valence-electron chi connectivity index (χ0n) is 14.1. The SMILES string of the molecule is O=C(CN1C(=O)c2cccc3cccc1c23)NCCSc1ccccc1. The lowest BCUT2D eigenvalue weighted by Crippen LogP contribution is -2.39. The summed E-state index contributed by atoms with van der Waals surface area (Å²) in [6.07, 6.45) is 0.